The third-order valence-corrected chi connectivity index (χ3v) is 5.17. The molecule has 5 N–H and O–H groups in total. The second-order valence-electron chi connectivity index (χ2n) is 8.65. The van der Waals surface area contributed by atoms with Crippen LogP contribution in [0.25, 0.3) is 0 Å². The summed E-state index contributed by atoms with van der Waals surface area (Å²) in [6.45, 7) is 5.28. The first kappa shape index (κ1) is 22.7. The predicted molar refractivity (Wildman–Crippen MR) is 106 cm³/mol. The van der Waals surface area contributed by atoms with Gasteiger partial charge in [0.15, 0.2) is 5.78 Å². The van der Waals surface area contributed by atoms with Crippen molar-refractivity contribution in [2.75, 3.05) is 0 Å². The molecule has 1 fully saturated rings. The summed E-state index contributed by atoms with van der Waals surface area (Å²) < 4.78 is 5.23. The Kier molecular flexibility index (Phi) is 6.89. The first-order valence-electron chi connectivity index (χ1n) is 9.74. The zero-order valence-corrected chi connectivity index (χ0v) is 17.1. The van der Waals surface area contributed by atoms with E-state index < -0.39 is 34.9 Å². The zero-order chi connectivity index (χ0) is 21.8. The Balaban J connectivity index is 2.01. The van der Waals surface area contributed by atoms with Gasteiger partial charge in [0.2, 0.25) is 0 Å². The Labute approximate surface area is 170 Å². The molecule has 1 atom stereocenters. The number of aliphatic carboxylic acids is 1. The predicted octanol–water partition coefficient (Wildman–Crippen LogP) is 2.37. The Morgan fingerprint density at radius 3 is 2.24 bits per heavy atom. The number of Topliss-reactive ketones (excluding diaryl/α,β-unsaturated/α-hetero) is 1. The standard InChI is InChI=1S/C21H30N2O6/c1-20(2,3)29-19(28)23-14-8-10-21(11-9-14,18(26)27)17(25)16(22)12-13-4-6-15(24)7-5-13/h4-7,14,16,24H,8-12,22H2,1-3H3,(H,23,28)(H,26,27)/t14?,16-,21?/m0/s1. The third-order valence-electron chi connectivity index (χ3n) is 5.17. The number of benzene rings is 1. The van der Waals surface area contributed by atoms with E-state index in [2.05, 4.69) is 5.32 Å². The maximum atomic E-state index is 13.0. The highest BCUT2D eigenvalue weighted by Crippen LogP contribution is 2.39. The number of amides is 1. The highest BCUT2D eigenvalue weighted by Gasteiger charge is 2.50. The lowest BCUT2D eigenvalue weighted by Crippen LogP contribution is -2.53. The average Bonchev–Trinajstić information content (AvgIpc) is 2.62. The molecule has 0 aromatic heterocycles. The number of carboxylic acids is 1. The van der Waals surface area contributed by atoms with Gasteiger partial charge in [0.1, 0.15) is 16.8 Å². The van der Waals surface area contributed by atoms with Crippen LogP contribution in [0.15, 0.2) is 24.3 Å². The first-order chi connectivity index (χ1) is 13.4. The molecular weight excluding hydrogens is 376 g/mol. The molecule has 0 saturated heterocycles. The van der Waals surface area contributed by atoms with Gasteiger partial charge in [-0.05, 0) is 70.6 Å². The summed E-state index contributed by atoms with van der Waals surface area (Å²) in [5.74, 6) is -1.58. The molecule has 0 aliphatic heterocycles. The van der Waals surface area contributed by atoms with Crippen LogP contribution in [0, 0.1) is 5.41 Å². The van der Waals surface area contributed by atoms with Gasteiger partial charge in [-0.2, -0.15) is 0 Å². The Morgan fingerprint density at radius 2 is 1.76 bits per heavy atom. The van der Waals surface area contributed by atoms with E-state index in [0.717, 1.165) is 5.56 Å². The van der Waals surface area contributed by atoms with Crippen LogP contribution in [0.1, 0.15) is 52.0 Å². The molecule has 1 saturated carbocycles. The normalized spacial score (nSPS) is 23.1. The van der Waals surface area contributed by atoms with Crippen molar-refractivity contribution in [3.63, 3.8) is 0 Å². The van der Waals surface area contributed by atoms with Gasteiger partial charge < -0.3 is 26.0 Å². The quantitative estimate of drug-likeness (QED) is 0.532. The second-order valence-corrected chi connectivity index (χ2v) is 8.65. The maximum absolute atomic E-state index is 13.0. The molecular formula is C21H30N2O6. The lowest BCUT2D eigenvalue weighted by Gasteiger charge is -2.37. The molecule has 0 unspecified atom stereocenters. The lowest BCUT2D eigenvalue weighted by molar-refractivity contribution is -0.158. The Morgan fingerprint density at radius 1 is 1.21 bits per heavy atom. The van der Waals surface area contributed by atoms with E-state index in [-0.39, 0.29) is 31.1 Å². The summed E-state index contributed by atoms with van der Waals surface area (Å²) in [7, 11) is 0. The number of ketones is 1. The third kappa shape index (κ3) is 5.93. The van der Waals surface area contributed by atoms with Gasteiger partial charge in [0.05, 0.1) is 6.04 Å². The van der Waals surface area contributed by atoms with Gasteiger partial charge in [0, 0.05) is 6.04 Å². The molecule has 0 bridgehead atoms. The molecule has 1 aromatic rings. The van der Waals surface area contributed by atoms with Gasteiger partial charge in [-0.3, -0.25) is 9.59 Å². The molecule has 160 valence electrons. The second kappa shape index (κ2) is 8.82. The fourth-order valence-electron chi connectivity index (χ4n) is 3.63. The van der Waals surface area contributed by atoms with Crippen LogP contribution < -0.4 is 11.1 Å². The van der Waals surface area contributed by atoms with Crippen molar-refractivity contribution < 1.29 is 29.3 Å². The number of ether oxygens (including phenoxy) is 1. The van der Waals surface area contributed by atoms with Gasteiger partial charge >= 0.3 is 12.1 Å². The molecule has 8 heteroatoms. The number of hydrogen-bond donors (Lipinski definition) is 4. The van der Waals surface area contributed by atoms with E-state index >= 15 is 0 Å². The molecule has 1 aromatic carbocycles. The van der Waals surface area contributed by atoms with Crippen LogP contribution in [0.4, 0.5) is 4.79 Å². The monoisotopic (exact) mass is 406 g/mol. The Bertz CT molecular complexity index is 745. The number of alkyl carbamates (subject to hydrolysis) is 1. The average molecular weight is 406 g/mol. The van der Waals surface area contributed by atoms with E-state index in [0.29, 0.717) is 12.8 Å². The van der Waals surface area contributed by atoms with E-state index in [1.807, 2.05) is 0 Å². The van der Waals surface area contributed by atoms with Gasteiger partial charge in [-0.25, -0.2) is 4.79 Å². The van der Waals surface area contributed by atoms with Gasteiger partial charge in [-0.15, -0.1) is 0 Å². The molecule has 0 spiro atoms. The van der Waals surface area contributed by atoms with Crippen molar-refractivity contribution in [3.05, 3.63) is 29.8 Å². The summed E-state index contributed by atoms with van der Waals surface area (Å²) in [4.78, 5) is 36.9. The fourth-order valence-corrected chi connectivity index (χ4v) is 3.63. The summed E-state index contributed by atoms with van der Waals surface area (Å²) >= 11 is 0. The van der Waals surface area contributed by atoms with E-state index in [1.54, 1.807) is 32.9 Å². The van der Waals surface area contributed by atoms with Crippen LogP contribution >= 0.6 is 0 Å². The largest absolute Gasteiger partial charge is 0.508 e. The number of phenolic OH excluding ortho intramolecular Hbond substituents is 1. The highest BCUT2D eigenvalue weighted by atomic mass is 16.6. The van der Waals surface area contributed by atoms with E-state index in [4.69, 9.17) is 10.5 Å². The smallest absolute Gasteiger partial charge is 0.407 e. The van der Waals surface area contributed by atoms with Crippen LogP contribution in [0.3, 0.4) is 0 Å². The summed E-state index contributed by atoms with van der Waals surface area (Å²) in [5, 5.41) is 21.9. The summed E-state index contributed by atoms with van der Waals surface area (Å²) in [5.41, 5.74) is 4.62. The number of nitrogens with one attached hydrogen (secondary N) is 1. The van der Waals surface area contributed by atoms with Crippen molar-refractivity contribution in [2.45, 2.75) is 70.6 Å². The molecule has 29 heavy (non-hydrogen) atoms. The minimum atomic E-state index is -1.55. The van der Waals surface area contributed by atoms with Crippen LogP contribution in [-0.2, 0) is 20.7 Å². The zero-order valence-electron chi connectivity index (χ0n) is 17.1. The summed E-state index contributed by atoms with van der Waals surface area (Å²) in [6.07, 6.45) is 0.538. The van der Waals surface area contributed by atoms with Crippen LogP contribution in [-0.4, -0.2) is 45.7 Å². The molecule has 1 aliphatic rings. The van der Waals surface area contributed by atoms with Crippen LogP contribution in [0.5, 0.6) is 5.75 Å². The molecule has 2 rings (SSSR count). The topological polar surface area (TPSA) is 139 Å². The molecule has 1 aliphatic carbocycles. The Hall–Kier alpha value is -2.61. The molecule has 1 amide bonds. The van der Waals surface area contributed by atoms with Crippen molar-refractivity contribution in [2.24, 2.45) is 11.1 Å². The number of rotatable bonds is 6. The van der Waals surface area contributed by atoms with Gasteiger partial charge in [-0.1, -0.05) is 12.1 Å². The lowest BCUT2D eigenvalue weighted by atomic mass is 9.67. The number of nitrogens with two attached hydrogens (primary N) is 1. The molecule has 0 radical (unpaired) electrons. The number of carbonyl (C=O) groups excluding carboxylic acids is 2. The highest BCUT2D eigenvalue weighted by molar-refractivity contribution is 6.05. The number of carbonyl (C=O) groups is 3. The van der Waals surface area contributed by atoms with E-state index in [9.17, 15) is 24.6 Å². The number of hydrogen-bond acceptors (Lipinski definition) is 6. The van der Waals surface area contributed by atoms with Crippen molar-refractivity contribution >= 4 is 17.8 Å². The molecule has 0 heterocycles. The fraction of sp³-hybridized carbons (Fsp3) is 0.571. The molecule has 8 nitrogen and oxygen atoms in total. The number of carboxylic acid groups (broad SMARTS) is 1. The summed E-state index contributed by atoms with van der Waals surface area (Å²) in [6, 6.07) is 5.07. The number of aromatic hydroxyl groups is 1. The van der Waals surface area contributed by atoms with Crippen molar-refractivity contribution in [3.8, 4) is 5.75 Å². The van der Waals surface area contributed by atoms with Gasteiger partial charge in [0.25, 0.3) is 0 Å². The SMILES string of the molecule is CC(C)(C)OC(=O)NC1CCC(C(=O)O)(C(=O)[C@@H](N)Cc2ccc(O)cc2)CC1. The minimum absolute atomic E-state index is 0.102. The first-order valence-corrected chi connectivity index (χ1v) is 9.74. The maximum Gasteiger partial charge on any atom is 0.407 e. The minimum Gasteiger partial charge on any atom is -0.508 e. The van der Waals surface area contributed by atoms with Crippen LogP contribution in [0.2, 0.25) is 0 Å². The van der Waals surface area contributed by atoms with E-state index in [1.165, 1.54) is 12.1 Å². The van der Waals surface area contributed by atoms with Crippen molar-refractivity contribution in [1.29, 1.82) is 0 Å². The number of phenols is 1. The van der Waals surface area contributed by atoms with Crippen molar-refractivity contribution in [1.82, 2.24) is 5.32 Å².